The molecule has 0 saturated carbocycles. The van der Waals surface area contributed by atoms with Gasteiger partial charge in [0.2, 0.25) is 23.6 Å². The third kappa shape index (κ3) is 37.7. The van der Waals surface area contributed by atoms with E-state index < -0.39 is 12.1 Å². The Bertz CT molecular complexity index is 1010. The number of hydrogen-bond acceptors (Lipinski definition) is 6. The summed E-state index contributed by atoms with van der Waals surface area (Å²) in [7, 11) is 0. The average Bonchev–Trinajstić information content (AvgIpc) is 3.31. The van der Waals surface area contributed by atoms with E-state index in [0.717, 1.165) is 52.1 Å². The third-order valence-electron chi connectivity index (χ3n) is 13.8. The lowest BCUT2D eigenvalue weighted by molar-refractivity contribution is -0.137. The van der Waals surface area contributed by atoms with Crippen LogP contribution < -0.4 is 21.3 Å². The summed E-state index contributed by atoms with van der Waals surface area (Å²) in [6, 6.07) is -1.47. The molecule has 1 saturated heterocycles. The lowest BCUT2D eigenvalue weighted by atomic mass is 10.0. The van der Waals surface area contributed by atoms with Gasteiger partial charge >= 0.3 is 0 Å². The van der Waals surface area contributed by atoms with Gasteiger partial charge in [0.25, 0.3) is 0 Å². The Morgan fingerprint density at radius 3 is 0.848 bits per heavy atom. The van der Waals surface area contributed by atoms with Crippen molar-refractivity contribution in [3.8, 4) is 0 Å². The highest BCUT2D eigenvalue weighted by Gasteiger charge is 2.33. The van der Waals surface area contributed by atoms with Crippen molar-refractivity contribution in [1.29, 1.82) is 0 Å². The Kier molecular flexibility index (Phi) is 43.6. The topological polar surface area (TPSA) is 123 Å². The standard InChI is InChI=1S/C56H110N6O4/c1-5-9-13-17-21-25-29-33-45-61(46-34-30-26-22-18-14-10-6-2)49-37-43-57-53(63)41-39-51-55(65)60-52(56(66)59-51)40-42-54(64)58-44-38-50-62(47-35-31-27-23-19-15-11-7-3)48-36-32-28-24-20-16-12-8-4/h51-52H,5-50H2,1-4H3,(H,57,63)(H,58,64)(H,59,66)(H,60,65)/t51-,52-/m0/s1. The summed E-state index contributed by atoms with van der Waals surface area (Å²) in [6.45, 7) is 16.9. The van der Waals surface area contributed by atoms with Gasteiger partial charge in [0.05, 0.1) is 0 Å². The molecule has 0 bridgehead atoms. The second-order valence-electron chi connectivity index (χ2n) is 20.2. The number of nitrogens with one attached hydrogen (secondary N) is 4. The fourth-order valence-electron chi connectivity index (χ4n) is 9.42. The maximum Gasteiger partial charge on any atom is 0.243 e. The Hall–Kier alpha value is -2.20. The van der Waals surface area contributed by atoms with Gasteiger partial charge in [-0.15, -0.1) is 0 Å². The fraction of sp³-hybridized carbons (Fsp3) is 0.929. The van der Waals surface area contributed by atoms with Crippen LogP contribution in [0.4, 0.5) is 0 Å². The van der Waals surface area contributed by atoms with Gasteiger partial charge in [-0.3, -0.25) is 19.2 Å². The van der Waals surface area contributed by atoms with Crippen LogP contribution in [0.15, 0.2) is 0 Å². The van der Waals surface area contributed by atoms with Crippen molar-refractivity contribution >= 4 is 23.6 Å². The molecule has 0 aromatic carbocycles. The fourth-order valence-corrected chi connectivity index (χ4v) is 9.42. The molecule has 10 nitrogen and oxygen atoms in total. The van der Waals surface area contributed by atoms with Crippen molar-refractivity contribution in [2.45, 2.75) is 284 Å². The predicted molar refractivity (Wildman–Crippen MR) is 281 cm³/mol. The molecular weight excluding hydrogens is 821 g/mol. The summed E-state index contributed by atoms with van der Waals surface area (Å²) < 4.78 is 0. The highest BCUT2D eigenvalue weighted by atomic mass is 16.2. The second-order valence-corrected chi connectivity index (χ2v) is 20.2. The first-order valence-electron chi connectivity index (χ1n) is 28.9. The van der Waals surface area contributed by atoms with E-state index in [1.165, 1.54) is 205 Å². The second kappa shape index (κ2) is 46.5. The normalized spacial score (nSPS) is 15.1. The van der Waals surface area contributed by atoms with Crippen molar-refractivity contribution < 1.29 is 19.2 Å². The van der Waals surface area contributed by atoms with Gasteiger partial charge in [0, 0.05) is 25.9 Å². The van der Waals surface area contributed by atoms with Crippen molar-refractivity contribution in [3.05, 3.63) is 0 Å². The first-order valence-corrected chi connectivity index (χ1v) is 28.9. The van der Waals surface area contributed by atoms with Gasteiger partial charge < -0.3 is 31.1 Å². The van der Waals surface area contributed by atoms with Gasteiger partial charge in [0.15, 0.2) is 0 Å². The van der Waals surface area contributed by atoms with Crippen LogP contribution in [0.5, 0.6) is 0 Å². The van der Waals surface area contributed by atoms with Gasteiger partial charge in [-0.25, -0.2) is 0 Å². The molecule has 1 fully saturated rings. The summed E-state index contributed by atoms with van der Waals surface area (Å²) in [5, 5.41) is 11.8. The molecule has 388 valence electrons. The van der Waals surface area contributed by atoms with E-state index in [1.807, 2.05) is 0 Å². The quantitative estimate of drug-likeness (QED) is 0.0451. The number of carbonyl (C=O) groups is 4. The van der Waals surface area contributed by atoms with Crippen LogP contribution >= 0.6 is 0 Å². The largest absolute Gasteiger partial charge is 0.356 e. The number of nitrogens with zero attached hydrogens (tertiary/aromatic N) is 2. The Morgan fingerprint density at radius 2 is 0.591 bits per heavy atom. The molecule has 0 spiro atoms. The van der Waals surface area contributed by atoms with Gasteiger partial charge in [-0.2, -0.15) is 0 Å². The smallest absolute Gasteiger partial charge is 0.243 e. The molecule has 1 rings (SSSR count). The van der Waals surface area contributed by atoms with Crippen LogP contribution in [0.1, 0.15) is 272 Å². The Labute approximate surface area is 408 Å². The van der Waals surface area contributed by atoms with E-state index in [-0.39, 0.29) is 49.3 Å². The van der Waals surface area contributed by atoms with Gasteiger partial charge in [-0.05, 0) is 90.6 Å². The number of hydrogen-bond donors (Lipinski definition) is 4. The molecule has 0 aliphatic carbocycles. The summed E-state index contributed by atoms with van der Waals surface area (Å²) in [5.74, 6) is -0.729. The molecule has 2 atom stereocenters. The molecule has 10 heteroatoms. The van der Waals surface area contributed by atoms with Crippen LogP contribution in [0.25, 0.3) is 0 Å². The minimum Gasteiger partial charge on any atom is -0.356 e. The molecule has 1 aliphatic heterocycles. The monoisotopic (exact) mass is 931 g/mol. The van der Waals surface area contributed by atoms with E-state index >= 15 is 0 Å². The summed E-state index contributed by atoms with van der Waals surface area (Å²) in [6.07, 6.45) is 45.2. The van der Waals surface area contributed by atoms with E-state index in [0.29, 0.717) is 13.1 Å². The highest BCUT2D eigenvalue weighted by Crippen LogP contribution is 2.15. The van der Waals surface area contributed by atoms with Crippen LogP contribution in [-0.4, -0.2) is 97.9 Å². The average molecular weight is 932 g/mol. The number of piperazine rings is 1. The summed E-state index contributed by atoms with van der Waals surface area (Å²) >= 11 is 0. The molecule has 0 unspecified atom stereocenters. The molecule has 0 aromatic heterocycles. The van der Waals surface area contributed by atoms with E-state index in [1.54, 1.807) is 0 Å². The van der Waals surface area contributed by atoms with Crippen molar-refractivity contribution in [1.82, 2.24) is 31.1 Å². The molecule has 4 amide bonds. The molecular formula is C56H110N6O4. The Balaban J connectivity index is 2.35. The number of rotatable bonds is 50. The van der Waals surface area contributed by atoms with Gasteiger partial charge in [0.1, 0.15) is 12.1 Å². The zero-order valence-electron chi connectivity index (χ0n) is 44.2. The minimum absolute atomic E-state index is 0.0852. The van der Waals surface area contributed by atoms with E-state index in [4.69, 9.17) is 0 Å². The highest BCUT2D eigenvalue weighted by molar-refractivity contribution is 5.97. The maximum absolute atomic E-state index is 13.0. The Morgan fingerprint density at radius 1 is 0.364 bits per heavy atom. The third-order valence-corrected chi connectivity index (χ3v) is 13.8. The first kappa shape index (κ1) is 61.8. The zero-order chi connectivity index (χ0) is 48.0. The molecule has 0 aromatic rings. The minimum atomic E-state index is -0.735. The molecule has 1 aliphatic rings. The van der Waals surface area contributed by atoms with Gasteiger partial charge in [-0.1, -0.05) is 207 Å². The molecule has 0 radical (unpaired) electrons. The van der Waals surface area contributed by atoms with Crippen LogP contribution in [0.3, 0.4) is 0 Å². The SMILES string of the molecule is CCCCCCCCCCN(CCCCCCCCCC)CCCNC(=O)CC[C@@H]1NC(=O)[C@H](CCC(=O)NCCCN(CCCCCCCCCC)CCCCCCCCCC)NC1=O. The summed E-state index contributed by atoms with van der Waals surface area (Å²) in [5.41, 5.74) is 0. The van der Waals surface area contributed by atoms with Crippen molar-refractivity contribution in [2.75, 3.05) is 52.4 Å². The molecule has 66 heavy (non-hydrogen) atoms. The first-order chi connectivity index (χ1) is 32.3. The van der Waals surface area contributed by atoms with Crippen LogP contribution in [0.2, 0.25) is 0 Å². The lowest BCUT2D eigenvalue weighted by Crippen LogP contribution is -2.61. The lowest BCUT2D eigenvalue weighted by Gasteiger charge is -2.29. The van der Waals surface area contributed by atoms with E-state index in [2.05, 4.69) is 58.8 Å². The van der Waals surface area contributed by atoms with E-state index in [9.17, 15) is 19.2 Å². The number of amides is 4. The summed E-state index contributed by atoms with van der Waals surface area (Å²) in [4.78, 5) is 56.7. The van der Waals surface area contributed by atoms with Crippen molar-refractivity contribution in [2.24, 2.45) is 0 Å². The maximum atomic E-state index is 13.0. The number of carbonyl (C=O) groups excluding carboxylic acids is 4. The molecule has 1 heterocycles. The predicted octanol–water partition coefficient (Wildman–Crippen LogP) is 12.7. The zero-order valence-corrected chi connectivity index (χ0v) is 44.2. The number of unbranched alkanes of at least 4 members (excludes halogenated alkanes) is 28. The van der Waals surface area contributed by atoms with Crippen LogP contribution in [0, 0.1) is 0 Å². The van der Waals surface area contributed by atoms with Crippen LogP contribution in [-0.2, 0) is 19.2 Å². The molecule has 4 N–H and O–H groups in total. The van der Waals surface area contributed by atoms with Crippen molar-refractivity contribution in [3.63, 3.8) is 0 Å².